The van der Waals surface area contributed by atoms with Crippen LogP contribution in [0.25, 0.3) is 0 Å². The molecule has 0 bridgehead atoms. The molecule has 22 heavy (non-hydrogen) atoms. The van der Waals surface area contributed by atoms with Crippen LogP contribution in [0.4, 0.5) is 0 Å². The van der Waals surface area contributed by atoms with Crippen LogP contribution >= 0.6 is 11.6 Å². The molecule has 0 radical (unpaired) electrons. The minimum Gasteiger partial charge on any atom is -0.387 e. The highest BCUT2D eigenvalue weighted by atomic mass is 35.5. The lowest BCUT2D eigenvalue weighted by Crippen LogP contribution is -2.55. The van der Waals surface area contributed by atoms with Gasteiger partial charge in [0, 0.05) is 31.3 Å². The lowest BCUT2D eigenvalue weighted by molar-refractivity contribution is -0.120. The molecule has 1 aromatic rings. The van der Waals surface area contributed by atoms with Gasteiger partial charge in [0.25, 0.3) is 0 Å². The number of ether oxygens (including phenoxy) is 2. The van der Waals surface area contributed by atoms with Gasteiger partial charge in [0.2, 0.25) is 0 Å². The molecule has 3 rings (SSSR count). The van der Waals surface area contributed by atoms with Gasteiger partial charge in [0.1, 0.15) is 0 Å². The van der Waals surface area contributed by atoms with Crippen molar-refractivity contribution in [2.24, 2.45) is 0 Å². The van der Waals surface area contributed by atoms with Crippen molar-refractivity contribution in [2.75, 3.05) is 26.8 Å². The molecular formula is C17H24ClNO3. The summed E-state index contributed by atoms with van der Waals surface area (Å²) in [5.41, 5.74) is 0.870. The topological polar surface area (TPSA) is 41.9 Å². The standard InChI is InChI=1S/C17H24ClNO3/c1-21-14-5-6-17-15(10-14)19(7-8-22-17)11-16(20)12-3-2-4-13(18)9-12/h2-4,9,14-17,20H,5-8,10-11H2,1H3/t14-,15+,16+,17+/m1/s1. The number of aliphatic hydroxyl groups is 1. The second-order valence-corrected chi connectivity index (χ2v) is 6.65. The van der Waals surface area contributed by atoms with Crippen molar-refractivity contribution < 1.29 is 14.6 Å². The zero-order valence-electron chi connectivity index (χ0n) is 13.0. The molecule has 1 aliphatic heterocycles. The Hall–Kier alpha value is -0.650. The second-order valence-electron chi connectivity index (χ2n) is 6.21. The van der Waals surface area contributed by atoms with Gasteiger partial charge in [-0.1, -0.05) is 23.7 Å². The Bertz CT molecular complexity index is 499. The monoisotopic (exact) mass is 325 g/mol. The molecule has 0 unspecified atom stereocenters. The molecule has 0 aromatic heterocycles. The van der Waals surface area contributed by atoms with E-state index >= 15 is 0 Å². The third-order valence-electron chi connectivity index (χ3n) is 4.86. The maximum Gasteiger partial charge on any atom is 0.0917 e. The molecule has 4 atom stereocenters. The van der Waals surface area contributed by atoms with Gasteiger partial charge in [-0.25, -0.2) is 0 Å². The summed E-state index contributed by atoms with van der Waals surface area (Å²) in [5, 5.41) is 11.2. The average molecular weight is 326 g/mol. The Morgan fingerprint density at radius 3 is 3.09 bits per heavy atom. The van der Waals surface area contributed by atoms with Crippen LogP contribution in [0.2, 0.25) is 5.02 Å². The average Bonchev–Trinajstić information content (AvgIpc) is 2.54. The summed E-state index contributed by atoms with van der Waals surface area (Å²) in [6.45, 7) is 2.21. The Morgan fingerprint density at radius 1 is 1.45 bits per heavy atom. The molecule has 4 nitrogen and oxygen atoms in total. The largest absolute Gasteiger partial charge is 0.387 e. The van der Waals surface area contributed by atoms with E-state index in [4.69, 9.17) is 21.1 Å². The highest BCUT2D eigenvalue weighted by Gasteiger charge is 2.38. The summed E-state index contributed by atoms with van der Waals surface area (Å²) < 4.78 is 11.4. The first-order chi connectivity index (χ1) is 10.7. The van der Waals surface area contributed by atoms with Crippen molar-refractivity contribution in [1.82, 2.24) is 4.90 Å². The molecule has 1 saturated carbocycles. The Labute approximate surface area is 137 Å². The highest BCUT2D eigenvalue weighted by Crippen LogP contribution is 2.31. The van der Waals surface area contributed by atoms with E-state index in [9.17, 15) is 5.11 Å². The maximum atomic E-state index is 10.5. The van der Waals surface area contributed by atoms with Crippen molar-refractivity contribution >= 4 is 11.6 Å². The van der Waals surface area contributed by atoms with Gasteiger partial charge in [0.15, 0.2) is 0 Å². The molecule has 2 fully saturated rings. The summed E-state index contributed by atoms with van der Waals surface area (Å²) in [4.78, 5) is 2.35. The zero-order chi connectivity index (χ0) is 15.5. The molecule has 1 aromatic carbocycles. The van der Waals surface area contributed by atoms with Gasteiger partial charge in [-0.3, -0.25) is 4.90 Å². The smallest absolute Gasteiger partial charge is 0.0917 e. The quantitative estimate of drug-likeness (QED) is 0.924. The molecule has 5 heteroatoms. The number of nitrogens with zero attached hydrogens (tertiary/aromatic N) is 1. The minimum atomic E-state index is -0.527. The van der Waals surface area contributed by atoms with Crippen molar-refractivity contribution in [3.63, 3.8) is 0 Å². The first-order valence-electron chi connectivity index (χ1n) is 7.99. The van der Waals surface area contributed by atoms with Crippen molar-refractivity contribution in [3.05, 3.63) is 34.9 Å². The van der Waals surface area contributed by atoms with Gasteiger partial charge >= 0.3 is 0 Å². The third-order valence-corrected chi connectivity index (χ3v) is 5.10. The summed E-state index contributed by atoms with van der Waals surface area (Å²) in [5.74, 6) is 0. The van der Waals surface area contributed by atoms with Gasteiger partial charge in [-0.15, -0.1) is 0 Å². The van der Waals surface area contributed by atoms with E-state index in [2.05, 4.69) is 4.90 Å². The first kappa shape index (κ1) is 16.2. The molecule has 1 saturated heterocycles. The van der Waals surface area contributed by atoms with E-state index in [1.165, 1.54) is 0 Å². The first-order valence-corrected chi connectivity index (χ1v) is 8.37. The summed E-state index contributed by atoms with van der Waals surface area (Å²) in [6.07, 6.45) is 3.11. The molecule has 1 aliphatic carbocycles. The van der Waals surface area contributed by atoms with E-state index in [0.29, 0.717) is 23.7 Å². The lowest BCUT2D eigenvalue weighted by Gasteiger charge is -2.46. The van der Waals surface area contributed by atoms with Crippen molar-refractivity contribution in [3.8, 4) is 0 Å². The number of hydrogen-bond donors (Lipinski definition) is 1. The van der Waals surface area contributed by atoms with Gasteiger partial charge in [-0.05, 0) is 37.0 Å². The Morgan fingerprint density at radius 2 is 2.32 bits per heavy atom. The van der Waals surface area contributed by atoms with Crippen LogP contribution in [0.15, 0.2) is 24.3 Å². The van der Waals surface area contributed by atoms with Crippen LogP contribution in [0.5, 0.6) is 0 Å². The molecule has 1 N–H and O–H groups in total. The van der Waals surface area contributed by atoms with Crippen molar-refractivity contribution in [1.29, 1.82) is 0 Å². The Kier molecular flexibility index (Phi) is 5.37. The maximum absolute atomic E-state index is 10.5. The molecule has 0 amide bonds. The molecule has 122 valence electrons. The number of fused-ring (bicyclic) bond motifs is 1. The van der Waals surface area contributed by atoms with Crippen LogP contribution in [0, 0.1) is 0 Å². The van der Waals surface area contributed by atoms with Crippen LogP contribution < -0.4 is 0 Å². The fraction of sp³-hybridized carbons (Fsp3) is 0.647. The number of benzene rings is 1. The molecule has 2 aliphatic rings. The fourth-order valence-corrected chi connectivity index (χ4v) is 3.83. The normalized spacial score (nSPS) is 30.8. The van der Waals surface area contributed by atoms with E-state index in [1.54, 1.807) is 7.11 Å². The highest BCUT2D eigenvalue weighted by molar-refractivity contribution is 6.30. The fourth-order valence-electron chi connectivity index (χ4n) is 3.63. The van der Waals surface area contributed by atoms with E-state index in [0.717, 1.165) is 38.0 Å². The second kappa shape index (κ2) is 7.28. The van der Waals surface area contributed by atoms with Crippen LogP contribution in [0.3, 0.4) is 0 Å². The summed E-state index contributed by atoms with van der Waals surface area (Å²) in [6, 6.07) is 7.80. The summed E-state index contributed by atoms with van der Waals surface area (Å²) >= 11 is 6.02. The number of hydrogen-bond acceptors (Lipinski definition) is 4. The number of rotatable bonds is 4. The zero-order valence-corrected chi connectivity index (χ0v) is 13.7. The SMILES string of the molecule is CO[C@@H]1CC[C@@H]2OCCN(C[C@H](O)c3cccc(Cl)c3)[C@H]2C1. The number of morpholine rings is 1. The molecule has 1 heterocycles. The molecule has 0 spiro atoms. The number of aliphatic hydroxyl groups excluding tert-OH is 1. The van der Waals surface area contributed by atoms with Gasteiger partial charge < -0.3 is 14.6 Å². The number of methoxy groups -OCH3 is 1. The van der Waals surface area contributed by atoms with Crippen LogP contribution in [0.1, 0.15) is 30.9 Å². The van der Waals surface area contributed by atoms with Gasteiger partial charge in [-0.2, -0.15) is 0 Å². The van der Waals surface area contributed by atoms with Crippen molar-refractivity contribution in [2.45, 2.75) is 43.6 Å². The lowest BCUT2D eigenvalue weighted by atomic mass is 9.87. The van der Waals surface area contributed by atoms with E-state index in [1.807, 2.05) is 24.3 Å². The summed E-state index contributed by atoms with van der Waals surface area (Å²) in [7, 11) is 1.78. The van der Waals surface area contributed by atoms with Gasteiger partial charge in [0.05, 0.1) is 24.9 Å². The third kappa shape index (κ3) is 3.63. The van der Waals surface area contributed by atoms with Crippen LogP contribution in [-0.4, -0.2) is 55.1 Å². The number of halogens is 1. The van der Waals surface area contributed by atoms with Crippen LogP contribution in [-0.2, 0) is 9.47 Å². The van der Waals surface area contributed by atoms with E-state index in [-0.39, 0.29) is 6.10 Å². The predicted molar refractivity (Wildman–Crippen MR) is 86.2 cm³/mol. The molecular weight excluding hydrogens is 302 g/mol. The number of β-amino-alcohol motifs (C(OH)–C–C–N with tert-alkyl or cyclic N) is 1. The minimum absolute atomic E-state index is 0.270. The van der Waals surface area contributed by atoms with E-state index < -0.39 is 6.10 Å². The Balaban J connectivity index is 1.67. The predicted octanol–water partition coefficient (Wildman–Crippen LogP) is 2.64.